The Kier molecular flexibility index (Phi) is 7.61. The van der Waals surface area contributed by atoms with Crippen molar-refractivity contribution in [1.82, 2.24) is 29.4 Å². The van der Waals surface area contributed by atoms with Crippen molar-refractivity contribution >= 4 is 33.8 Å². The number of fused-ring (bicyclic) bond motifs is 3. The first-order valence-corrected chi connectivity index (χ1v) is 16.6. The molecule has 8 rings (SSSR count). The van der Waals surface area contributed by atoms with Gasteiger partial charge < -0.3 is 34.1 Å². The van der Waals surface area contributed by atoms with E-state index in [-0.39, 0.29) is 11.9 Å². The van der Waals surface area contributed by atoms with Gasteiger partial charge >= 0.3 is 0 Å². The molecule has 250 valence electrons. The number of imidazole rings is 1. The Morgan fingerprint density at radius 2 is 1.88 bits per heavy atom. The Morgan fingerprint density at radius 3 is 2.69 bits per heavy atom. The van der Waals surface area contributed by atoms with Gasteiger partial charge in [0.05, 0.1) is 13.4 Å². The summed E-state index contributed by atoms with van der Waals surface area (Å²) in [5, 5.41) is 7.71. The number of aryl methyl sites for hydroxylation is 2. The van der Waals surface area contributed by atoms with Crippen molar-refractivity contribution in [3.05, 3.63) is 77.5 Å². The first kappa shape index (κ1) is 30.8. The number of ether oxygens (including phenoxy) is 4. The van der Waals surface area contributed by atoms with E-state index in [0.717, 1.165) is 42.5 Å². The van der Waals surface area contributed by atoms with Gasteiger partial charge in [0.2, 0.25) is 0 Å². The first-order chi connectivity index (χ1) is 23.2. The van der Waals surface area contributed by atoms with Gasteiger partial charge in [-0.2, -0.15) is 0 Å². The van der Waals surface area contributed by atoms with Gasteiger partial charge in [-0.1, -0.05) is 23.8 Å². The molecule has 3 aromatic heterocycles. The first-order valence-electron chi connectivity index (χ1n) is 16.6. The number of nitrogens with one attached hydrogen (secondary N) is 2. The summed E-state index contributed by atoms with van der Waals surface area (Å²) >= 11 is 0. The largest absolute Gasteiger partial charge is 0.497 e. The monoisotopic (exact) mass is 651 g/mol. The number of hydrogen-bond donors (Lipinski definition) is 2. The second kappa shape index (κ2) is 11.9. The number of anilines is 1. The lowest BCUT2D eigenvalue weighted by Crippen LogP contribution is -2.43. The van der Waals surface area contributed by atoms with E-state index in [2.05, 4.69) is 80.5 Å². The van der Waals surface area contributed by atoms with E-state index in [9.17, 15) is 4.79 Å². The molecule has 4 atom stereocenters. The Bertz CT molecular complexity index is 2010. The zero-order valence-electron chi connectivity index (χ0n) is 27.9. The Morgan fingerprint density at radius 1 is 1.04 bits per heavy atom. The molecule has 1 saturated carbocycles. The molecule has 0 unspecified atom stereocenters. The molecule has 1 amide bonds. The van der Waals surface area contributed by atoms with Gasteiger partial charge in [0.1, 0.15) is 24.3 Å². The van der Waals surface area contributed by atoms with Crippen LogP contribution in [0.5, 0.6) is 5.75 Å². The number of hydrogen-bond acceptors (Lipinski definition) is 9. The number of amides is 1. The fourth-order valence-electron chi connectivity index (χ4n) is 6.97. The molecule has 3 fully saturated rings. The fourth-order valence-corrected chi connectivity index (χ4v) is 6.97. The van der Waals surface area contributed by atoms with E-state index >= 15 is 0 Å². The van der Waals surface area contributed by atoms with Crippen LogP contribution in [0.3, 0.4) is 0 Å². The van der Waals surface area contributed by atoms with Crippen LogP contribution in [0.4, 0.5) is 5.82 Å². The van der Waals surface area contributed by atoms with Crippen molar-refractivity contribution in [2.45, 2.75) is 89.9 Å². The van der Waals surface area contributed by atoms with Crippen LogP contribution in [0.15, 0.2) is 55.2 Å². The van der Waals surface area contributed by atoms with E-state index in [1.54, 1.807) is 13.4 Å². The predicted octanol–water partition coefficient (Wildman–Crippen LogP) is 4.81. The van der Waals surface area contributed by atoms with Crippen LogP contribution >= 0.6 is 0 Å². The summed E-state index contributed by atoms with van der Waals surface area (Å²) in [5.41, 5.74) is 7.40. The third-order valence-electron chi connectivity index (χ3n) is 9.55. The molecule has 48 heavy (non-hydrogen) atoms. The zero-order valence-corrected chi connectivity index (χ0v) is 27.9. The topological polar surface area (TPSA) is 127 Å². The van der Waals surface area contributed by atoms with Crippen LogP contribution in [-0.4, -0.2) is 73.8 Å². The number of nitrogens with zero attached hydrogens (tertiary/aromatic N) is 5. The lowest BCUT2D eigenvalue weighted by molar-refractivity contribution is -0.197. The average Bonchev–Trinajstić information content (AvgIpc) is 3.36. The third kappa shape index (κ3) is 5.67. The molecule has 2 aromatic carbocycles. The highest BCUT2D eigenvalue weighted by atomic mass is 16.8. The van der Waals surface area contributed by atoms with Gasteiger partial charge in [0.15, 0.2) is 35.1 Å². The second-order valence-corrected chi connectivity index (χ2v) is 13.6. The molecule has 0 radical (unpaired) electrons. The molecule has 5 heterocycles. The number of carbonyl (C=O) groups excluding carboxylic acids is 1. The van der Waals surface area contributed by atoms with Gasteiger partial charge in [0.25, 0.3) is 5.91 Å². The van der Waals surface area contributed by atoms with Gasteiger partial charge in [-0.05, 0) is 81.8 Å². The number of carbonyl (C=O) groups is 1. The molecule has 12 nitrogen and oxygen atoms in total. The molecule has 5 aromatic rings. The van der Waals surface area contributed by atoms with Gasteiger partial charge in [0, 0.05) is 36.2 Å². The minimum absolute atomic E-state index is 0.175. The molecule has 3 aliphatic rings. The Balaban J connectivity index is 1.03. The van der Waals surface area contributed by atoms with Gasteiger partial charge in [-0.3, -0.25) is 9.36 Å². The van der Waals surface area contributed by atoms with E-state index < -0.39 is 30.3 Å². The van der Waals surface area contributed by atoms with Crippen LogP contribution in [0, 0.1) is 13.8 Å². The molecule has 1 aliphatic carbocycles. The lowest BCUT2D eigenvalue weighted by Gasteiger charge is -2.24. The van der Waals surface area contributed by atoms with Crippen LogP contribution in [0.1, 0.15) is 55.2 Å². The maximum Gasteiger partial charge on any atom is 0.252 e. The predicted molar refractivity (Wildman–Crippen MR) is 180 cm³/mol. The molecule has 2 saturated heterocycles. The zero-order chi connectivity index (χ0) is 33.2. The van der Waals surface area contributed by atoms with Crippen LogP contribution in [0.25, 0.3) is 22.1 Å². The van der Waals surface area contributed by atoms with Crippen molar-refractivity contribution < 1.29 is 23.7 Å². The number of methoxy groups -OCH3 is 1. The van der Waals surface area contributed by atoms with Crippen molar-refractivity contribution in [3.8, 4) is 5.75 Å². The molecule has 2 aliphatic heterocycles. The second-order valence-electron chi connectivity index (χ2n) is 13.6. The fraction of sp³-hybridized carbons (Fsp3) is 0.444. The summed E-state index contributed by atoms with van der Waals surface area (Å²) in [6, 6.07) is 13.1. The number of benzene rings is 2. The normalized spacial score (nSPS) is 23.1. The molecular formula is C36H41N7O5. The average molecular weight is 652 g/mol. The quantitative estimate of drug-likeness (QED) is 0.219. The molecule has 0 spiro atoms. The minimum atomic E-state index is -0.848. The Hall–Kier alpha value is -4.52. The molecular weight excluding hydrogens is 610 g/mol. The summed E-state index contributed by atoms with van der Waals surface area (Å²) in [5.74, 6) is 0.426. The lowest BCUT2D eigenvalue weighted by atomic mass is 10.1. The highest BCUT2D eigenvalue weighted by Crippen LogP contribution is 2.44. The minimum Gasteiger partial charge on any atom is -0.497 e. The van der Waals surface area contributed by atoms with Gasteiger partial charge in [-0.15, -0.1) is 0 Å². The van der Waals surface area contributed by atoms with Crippen molar-refractivity contribution in [1.29, 1.82) is 0 Å². The van der Waals surface area contributed by atoms with Crippen LogP contribution in [0.2, 0.25) is 0 Å². The maximum atomic E-state index is 13.1. The smallest absolute Gasteiger partial charge is 0.252 e. The summed E-state index contributed by atoms with van der Waals surface area (Å²) in [7, 11) is 1.70. The van der Waals surface area contributed by atoms with E-state index in [1.807, 2.05) is 24.5 Å². The highest BCUT2D eigenvalue weighted by Gasteiger charge is 2.58. The van der Waals surface area contributed by atoms with E-state index in [0.29, 0.717) is 23.5 Å². The summed E-state index contributed by atoms with van der Waals surface area (Å²) in [6.45, 7) is 9.41. The third-order valence-corrected chi connectivity index (χ3v) is 9.55. The number of aromatic nitrogens is 5. The van der Waals surface area contributed by atoms with Crippen LogP contribution in [-0.2, 0) is 32.0 Å². The van der Waals surface area contributed by atoms with Crippen molar-refractivity contribution in [2.75, 3.05) is 19.0 Å². The van der Waals surface area contributed by atoms with Gasteiger partial charge in [-0.25, -0.2) is 15.0 Å². The molecule has 0 bridgehead atoms. The SMILES string of the molecule is COc1ccc2c(c1)c(CCNc1ncnc3c1ncn3[C@@H]1O[C@H](C(=O)NC3CC3)[C@H]3OC(C)(C)O[C@H]31)cn2Cc1cc(C)ccc1C. The Labute approximate surface area is 278 Å². The molecule has 12 heteroatoms. The summed E-state index contributed by atoms with van der Waals surface area (Å²) < 4.78 is 28.5. The van der Waals surface area contributed by atoms with Crippen molar-refractivity contribution in [3.63, 3.8) is 0 Å². The highest BCUT2D eigenvalue weighted by molar-refractivity contribution is 5.86. The molecule has 2 N–H and O–H groups in total. The van der Waals surface area contributed by atoms with Crippen molar-refractivity contribution in [2.24, 2.45) is 0 Å². The number of rotatable bonds is 10. The van der Waals surface area contributed by atoms with Crippen LogP contribution < -0.4 is 15.4 Å². The standard InChI is InChI=1S/C36H41N7O5/c1-20-6-7-21(2)23(14-20)17-42-16-22(26-15-25(45-5)10-11-27(26)42)12-13-37-32-28-33(39-18-38-32)43(19-40-28)35-31-29(47-36(3,4)48-31)30(46-35)34(44)41-24-8-9-24/h6-7,10-11,14-16,18-19,24,29-31,35H,8-9,12-13,17H2,1-5H3,(H,41,44)(H,37,38,39)/t29-,30+,31-,35-/m1/s1. The van der Waals surface area contributed by atoms with E-state index in [1.165, 1.54) is 28.6 Å². The van der Waals surface area contributed by atoms with E-state index in [4.69, 9.17) is 18.9 Å². The summed E-state index contributed by atoms with van der Waals surface area (Å²) in [4.78, 5) is 26.9. The maximum absolute atomic E-state index is 13.1. The summed E-state index contributed by atoms with van der Waals surface area (Å²) in [6.07, 6.45) is 5.68.